The Kier molecular flexibility index (Phi) is 7.21. The maximum atomic E-state index is 13.9. The van der Waals surface area contributed by atoms with Crippen LogP contribution in [0, 0.1) is 0 Å². The Morgan fingerprint density at radius 1 is 0.735 bits per heavy atom. The van der Waals surface area contributed by atoms with Gasteiger partial charge in [0, 0.05) is 23.7 Å². The highest BCUT2D eigenvalue weighted by Crippen LogP contribution is 2.40. The summed E-state index contributed by atoms with van der Waals surface area (Å²) in [6.07, 6.45) is 11.4. The molecule has 0 bridgehead atoms. The second-order valence-electron chi connectivity index (χ2n) is 10.0. The second kappa shape index (κ2) is 10.5. The van der Waals surface area contributed by atoms with E-state index in [0.29, 0.717) is 17.4 Å². The second-order valence-corrected chi connectivity index (χ2v) is 11.7. The standard InChI is InChI=1S/C29H36N2O2S/c32-34(33,31-25-16-8-3-9-17-25)29-23(21-30-24-14-6-2-7-15-24)20-28(22-12-4-1-5-13-22)26-18-10-11-19-27(26)29/h2,6-7,10-11,14-15,18-20,22,25,30-31H,1,3-5,8-9,12-13,16-17,21H2. The Hall–Kier alpha value is -2.37. The minimum Gasteiger partial charge on any atom is -0.381 e. The van der Waals surface area contributed by atoms with E-state index in [9.17, 15) is 8.42 Å². The molecule has 3 aromatic rings. The van der Waals surface area contributed by atoms with E-state index in [1.807, 2.05) is 48.5 Å². The quantitative estimate of drug-likeness (QED) is 0.382. The first-order chi connectivity index (χ1) is 16.6. The van der Waals surface area contributed by atoms with Crippen molar-refractivity contribution in [2.24, 2.45) is 0 Å². The van der Waals surface area contributed by atoms with Crippen LogP contribution in [-0.4, -0.2) is 14.5 Å². The summed E-state index contributed by atoms with van der Waals surface area (Å²) in [4.78, 5) is 0.455. The molecule has 180 valence electrons. The van der Waals surface area contributed by atoms with Crippen molar-refractivity contribution in [1.82, 2.24) is 4.72 Å². The Balaban J connectivity index is 1.60. The molecule has 2 aliphatic rings. The van der Waals surface area contributed by atoms with Gasteiger partial charge in [-0.1, -0.05) is 87.1 Å². The summed E-state index contributed by atoms with van der Waals surface area (Å²) in [5, 5.41) is 5.44. The summed E-state index contributed by atoms with van der Waals surface area (Å²) in [5.41, 5.74) is 3.18. The fourth-order valence-electron chi connectivity index (χ4n) is 5.89. The zero-order valence-corrected chi connectivity index (χ0v) is 20.7. The molecule has 5 rings (SSSR count). The largest absolute Gasteiger partial charge is 0.381 e. The van der Waals surface area contributed by atoms with Crippen molar-refractivity contribution in [1.29, 1.82) is 0 Å². The summed E-state index contributed by atoms with van der Waals surface area (Å²) in [6.45, 7) is 0.482. The molecule has 2 N–H and O–H groups in total. The van der Waals surface area contributed by atoms with E-state index < -0.39 is 10.0 Å². The molecule has 5 heteroatoms. The lowest BCUT2D eigenvalue weighted by atomic mass is 9.81. The van der Waals surface area contributed by atoms with Gasteiger partial charge in [0.1, 0.15) is 0 Å². The lowest BCUT2D eigenvalue weighted by Gasteiger charge is -2.27. The van der Waals surface area contributed by atoms with Crippen LogP contribution in [0.2, 0.25) is 0 Å². The van der Waals surface area contributed by atoms with Crippen LogP contribution in [0.3, 0.4) is 0 Å². The van der Waals surface area contributed by atoms with E-state index in [0.717, 1.165) is 47.7 Å². The Bertz CT molecular complexity index is 1210. The Morgan fingerprint density at radius 3 is 2.06 bits per heavy atom. The molecule has 0 spiro atoms. The molecule has 2 saturated carbocycles. The highest BCUT2D eigenvalue weighted by molar-refractivity contribution is 7.89. The zero-order valence-electron chi connectivity index (χ0n) is 19.9. The molecular weight excluding hydrogens is 440 g/mol. The van der Waals surface area contributed by atoms with Gasteiger partial charge in [-0.05, 0) is 60.2 Å². The number of nitrogens with one attached hydrogen (secondary N) is 2. The SMILES string of the molecule is O=S(=O)(NC1CCCCC1)c1c(CNc2ccccc2)cc(C2CCCCC2)c2ccccc12. The number of fused-ring (bicyclic) bond motifs is 1. The van der Waals surface area contributed by atoms with E-state index in [2.05, 4.69) is 22.2 Å². The van der Waals surface area contributed by atoms with Gasteiger partial charge in [0.15, 0.2) is 0 Å². The Morgan fingerprint density at radius 2 is 1.35 bits per heavy atom. The number of hydrogen-bond donors (Lipinski definition) is 2. The molecule has 0 aromatic heterocycles. The molecule has 0 radical (unpaired) electrons. The zero-order chi connectivity index (χ0) is 23.4. The third-order valence-electron chi connectivity index (χ3n) is 7.60. The van der Waals surface area contributed by atoms with Gasteiger partial charge in [-0.3, -0.25) is 0 Å². The monoisotopic (exact) mass is 476 g/mol. The molecule has 0 unspecified atom stereocenters. The molecule has 2 fully saturated rings. The van der Waals surface area contributed by atoms with Crippen molar-refractivity contribution in [3.63, 3.8) is 0 Å². The van der Waals surface area contributed by atoms with Crippen LogP contribution in [0.5, 0.6) is 0 Å². The highest BCUT2D eigenvalue weighted by atomic mass is 32.2. The minimum absolute atomic E-state index is 0.0328. The molecule has 2 aliphatic carbocycles. The molecule has 0 amide bonds. The first-order valence-corrected chi connectivity index (χ1v) is 14.5. The van der Waals surface area contributed by atoms with Crippen molar-refractivity contribution in [3.05, 3.63) is 71.8 Å². The van der Waals surface area contributed by atoms with Crippen LogP contribution in [0.15, 0.2) is 65.6 Å². The van der Waals surface area contributed by atoms with E-state index in [1.165, 1.54) is 44.1 Å². The van der Waals surface area contributed by atoms with Crippen LogP contribution in [0.25, 0.3) is 10.8 Å². The Labute approximate surface area is 204 Å². The maximum absolute atomic E-state index is 13.9. The lowest BCUT2D eigenvalue weighted by molar-refractivity contribution is 0.412. The summed E-state index contributed by atoms with van der Waals surface area (Å²) in [6, 6.07) is 20.4. The van der Waals surface area contributed by atoms with Crippen molar-refractivity contribution in [3.8, 4) is 0 Å². The summed E-state index contributed by atoms with van der Waals surface area (Å²) < 4.78 is 30.9. The van der Waals surface area contributed by atoms with Gasteiger partial charge >= 0.3 is 0 Å². The molecule has 3 aromatic carbocycles. The third kappa shape index (κ3) is 5.16. The van der Waals surface area contributed by atoms with Crippen molar-refractivity contribution in [2.75, 3.05) is 5.32 Å². The summed E-state index contributed by atoms with van der Waals surface area (Å²) in [5.74, 6) is 0.497. The average molecular weight is 477 g/mol. The summed E-state index contributed by atoms with van der Waals surface area (Å²) in [7, 11) is -3.66. The topological polar surface area (TPSA) is 58.2 Å². The summed E-state index contributed by atoms with van der Waals surface area (Å²) >= 11 is 0. The number of sulfonamides is 1. The lowest BCUT2D eigenvalue weighted by Crippen LogP contribution is -2.36. The van der Waals surface area contributed by atoms with Crippen LogP contribution in [-0.2, 0) is 16.6 Å². The number of para-hydroxylation sites is 1. The van der Waals surface area contributed by atoms with E-state index in [-0.39, 0.29) is 6.04 Å². The molecule has 0 saturated heterocycles. The van der Waals surface area contributed by atoms with E-state index in [4.69, 9.17) is 0 Å². The van der Waals surface area contributed by atoms with Gasteiger partial charge in [0.2, 0.25) is 10.0 Å². The van der Waals surface area contributed by atoms with E-state index >= 15 is 0 Å². The van der Waals surface area contributed by atoms with Gasteiger partial charge < -0.3 is 5.32 Å². The van der Waals surface area contributed by atoms with Crippen LogP contribution in [0.1, 0.15) is 81.3 Å². The predicted molar refractivity (Wildman–Crippen MR) is 141 cm³/mol. The predicted octanol–water partition coefficient (Wildman–Crippen LogP) is 7.11. The first-order valence-electron chi connectivity index (χ1n) is 13.0. The number of hydrogen-bond acceptors (Lipinski definition) is 3. The van der Waals surface area contributed by atoms with Crippen LogP contribution in [0.4, 0.5) is 5.69 Å². The molecular formula is C29H36N2O2S. The van der Waals surface area contributed by atoms with Crippen molar-refractivity contribution < 1.29 is 8.42 Å². The molecule has 4 nitrogen and oxygen atoms in total. The molecule has 34 heavy (non-hydrogen) atoms. The maximum Gasteiger partial charge on any atom is 0.241 e. The average Bonchev–Trinajstić information content (AvgIpc) is 2.88. The van der Waals surface area contributed by atoms with Crippen molar-refractivity contribution >= 4 is 26.5 Å². The smallest absolute Gasteiger partial charge is 0.241 e. The number of benzene rings is 3. The van der Waals surface area contributed by atoms with Crippen molar-refractivity contribution in [2.45, 2.75) is 87.6 Å². The molecule has 0 atom stereocenters. The van der Waals surface area contributed by atoms with E-state index in [1.54, 1.807) is 0 Å². The third-order valence-corrected chi connectivity index (χ3v) is 9.26. The van der Waals surface area contributed by atoms with Gasteiger partial charge in [0.25, 0.3) is 0 Å². The van der Waals surface area contributed by atoms with Gasteiger partial charge in [-0.2, -0.15) is 0 Å². The first kappa shape index (κ1) is 23.4. The minimum atomic E-state index is -3.66. The normalized spacial score (nSPS) is 18.2. The van der Waals surface area contributed by atoms with Gasteiger partial charge in [-0.25, -0.2) is 13.1 Å². The fourth-order valence-corrected chi connectivity index (χ4v) is 7.63. The van der Waals surface area contributed by atoms with Gasteiger partial charge in [-0.15, -0.1) is 0 Å². The molecule has 0 heterocycles. The molecule has 0 aliphatic heterocycles. The number of anilines is 1. The highest BCUT2D eigenvalue weighted by Gasteiger charge is 2.29. The van der Waals surface area contributed by atoms with Crippen LogP contribution >= 0.6 is 0 Å². The number of rotatable bonds is 7. The fraction of sp³-hybridized carbons (Fsp3) is 0.448. The van der Waals surface area contributed by atoms with Crippen LogP contribution < -0.4 is 10.0 Å². The van der Waals surface area contributed by atoms with Gasteiger partial charge in [0.05, 0.1) is 4.90 Å².